The van der Waals surface area contributed by atoms with Gasteiger partial charge in [0.05, 0.1) is 11.6 Å². The van der Waals surface area contributed by atoms with Gasteiger partial charge in [-0.3, -0.25) is 4.79 Å². The highest BCUT2D eigenvalue weighted by molar-refractivity contribution is 9.09. The van der Waals surface area contributed by atoms with Gasteiger partial charge in [-0.25, -0.2) is 0 Å². The molecule has 1 aromatic rings. The first-order chi connectivity index (χ1) is 9.76. The quantitative estimate of drug-likeness (QED) is 0.787. The molecule has 0 radical (unpaired) electrons. The van der Waals surface area contributed by atoms with Gasteiger partial charge in [-0.05, 0) is 31.0 Å². The lowest BCUT2D eigenvalue weighted by atomic mass is 9.93. The lowest BCUT2D eigenvalue weighted by Crippen LogP contribution is -2.42. The first kappa shape index (κ1) is 15.1. The number of nitriles is 1. The van der Waals surface area contributed by atoms with Crippen LogP contribution in [0.2, 0.25) is 0 Å². The minimum atomic E-state index is 0.0495. The molecule has 1 aliphatic carbocycles. The molecule has 0 aliphatic heterocycles. The van der Waals surface area contributed by atoms with Gasteiger partial charge in [0.25, 0.3) is 5.91 Å². The molecule has 0 atom stereocenters. The maximum atomic E-state index is 12.7. The summed E-state index contributed by atoms with van der Waals surface area (Å²) < 4.78 is 0. The molecule has 0 unspecified atom stereocenters. The molecule has 1 aromatic carbocycles. The number of carbonyl (C=O) groups excluding carboxylic acids is 1. The van der Waals surface area contributed by atoms with Crippen molar-refractivity contribution in [3.05, 3.63) is 35.4 Å². The lowest BCUT2D eigenvalue weighted by molar-refractivity contribution is 0.0651. The van der Waals surface area contributed by atoms with Crippen molar-refractivity contribution in [2.75, 3.05) is 11.9 Å². The minimum Gasteiger partial charge on any atom is -0.335 e. The van der Waals surface area contributed by atoms with Crippen LogP contribution in [0.4, 0.5) is 0 Å². The van der Waals surface area contributed by atoms with Gasteiger partial charge >= 0.3 is 0 Å². The van der Waals surface area contributed by atoms with Crippen molar-refractivity contribution < 1.29 is 4.79 Å². The zero-order valence-corrected chi connectivity index (χ0v) is 13.1. The minimum absolute atomic E-state index is 0.0495. The topological polar surface area (TPSA) is 44.1 Å². The molecule has 1 amide bonds. The van der Waals surface area contributed by atoms with E-state index < -0.39 is 0 Å². The molecule has 1 saturated carbocycles. The van der Waals surface area contributed by atoms with Crippen LogP contribution in [0.3, 0.4) is 0 Å². The molecule has 0 saturated heterocycles. The van der Waals surface area contributed by atoms with E-state index in [1.807, 2.05) is 4.90 Å². The number of hydrogen-bond acceptors (Lipinski definition) is 2. The standard InChI is InChI=1S/C16H19BrN2O/c17-9-10-19(15-7-2-1-3-8-15)16(20)14-6-4-5-13(11-14)12-18/h4-6,11,15H,1-3,7-10H2. The SMILES string of the molecule is N#Cc1cccc(C(=O)N(CCBr)C2CCCCC2)c1. The molecule has 2 rings (SSSR count). The Bertz CT molecular complexity index is 503. The monoisotopic (exact) mass is 334 g/mol. The first-order valence-electron chi connectivity index (χ1n) is 7.13. The average molecular weight is 335 g/mol. The molecule has 0 aromatic heterocycles. The van der Waals surface area contributed by atoms with Crippen LogP contribution in [-0.4, -0.2) is 28.7 Å². The summed E-state index contributed by atoms with van der Waals surface area (Å²) in [7, 11) is 0. The number of rotatable bonds is 4. The number of amides is 1. The smallest absolute Gasteiger partial charge is 0.254 e. The van der Waals surface area contributed by atoms with Gasteiger partial charge in [0.2, 0.25) is 0 Å². The maximum Gasteiger partial charge on any atom is 0.254 e. The Morgan fingerprint density at radius 2 is 2.10 bits per heavy atom. The summed E-state index contributed by atoms with van der Waals surface area (Å²) in [5.41, 5.74) is 1.16. The van der Waals surface area contributed by atoms with Gasteiger partial charge in [-0.1, -0.05) is 41.3 Å². The van der Waals surface area contributed by atoms with E-state index in [0.29, 0.717) is 17.2 Å². The van der Waals surface area contributed by atoms with E-state index in [-0.39, 0.29) is 5.91 Å². The third-order valence-electron chi connectivity index (χ3n) is 3.84. The summed E-state index contributed by atoms with van der Waals surface area (Å²) in [5, 5.41) is 9.74. The van der Waals surface area contributed by atoms with Gasteiger partial charge < -0.3 is 4.90 Å². The van der Waals surface area contributed by atoms with Crippen molar-refractivity contribution in [3.8, 4) is 6.07 Å². The van der Waals surface area contributed by atoms with Gasteiger partial charge in [0.15, 0.2) is 0 Å². The van der Waals surface area contributed by atoms with E-state index >= 15 is 0 Å². The van der Waals surface area contributed by atoms with E-state index in [1.54, 1.807) is 24.3 Å². The Kier molecular flexibility index (Phi) is 5.60. The van der Waals surface area contributed by atoms with E-state index in [9.17, 15) is 4.79 Å². The molecule has 0 N–H and O–H groups in total. The predicted molar refractivity (Wildman–Crippen MR) is 82.9 cm³/mol. The van der Waals surface area contributed by atoms with Crippen LogP contribution in [0.15, 0.2) is 24.3 Å². The highest BCUT2D eigenvalue weighted by atomic mass is 79.9. The van der Waals surface area contributed by atoms with E-state index in [0.717, 1.165) is 24.7 Å². The van der Waals surface area contributed by atoms with Crippen molar-refractivity contribution in [2.45, 2.75) is 38.1 Å². The molecule has 1 aliphatic rings. The molecule has 0 heterocycles. The molecule has 4 heteroatoms. The zero-order valence-electron chi connectivity index (χ0n) is 11.5. The molecule has 1 fully saturated rings. The molecule has 0 spiro atoms. The number of benzene rings is 1. The van der Waals surface area contributed by atoms with Crippen molar-refractivity contribution in [2.24, 2.45) is 0 Å². The van der Waals surface area contributed by atoms with E-state index in [2.05, 4.69) is 22.0 Å². The maximum absolute atomic E-state index is 12.7. The fraction of sp³-hybridized carbons (Fsp3) is 0.500. The summed E-state index contributed by atoms with van der Waals surface area (Å²) in [6.45, 7) is 0.723. The lowest BCUT2D eigenvalue weighted by Gasteiger charge is -2.34. The van der Waals surface area contributed by atoms with Crippen molar-refractivity contribution in [1.82, 2.24) is 4.90 Å². The predicted octanol–water partition coefficient (Wildman–Crippen LogP) is 3.73. The Morgan fingerprint density at radius 1 is 1.35 bits per heavy atom. The van der Waals surface area contributed by atoms with Crippen LogP contribution in [0.5, 0.6) is 0 Å². The third-order valence-corrected chi connectivity index (χ3v) is 4.20. The summed E-state index contributed by atoms with van der Waals surface area (Å²) in [6.07, 6.45) is 5.87. The van der Waals surface area contributed by atoms with Gasteiger partial charge in [-0.2, -0.15) is 5.26 Å². The Labute approximate surface area is 128 Å². The largest absolute Gasteiger partial charge is 0.335 e. The van der Waals surface area contributed by atoms with E-state index in [1.165, 1.54) is 19.3 Å². The van der Waals surface area contributed by atoms with Crippen LogP contribution in [0.25, 0.3) is 0 Å². The number of halogens is 1. The molecule has 20 heavy (non-hydrogen) atoms. The van der Waals surface area contributed by atoms with Crippen molar-refractivity contribution in [3.63, 3.8) is 0 Å². The second kappa shape index (κ2) is 7.44. The Balaban J connectivity index is 2.19. The molecule has 106 valence electrons. The number of carbonyl (C=O) groups is 1. The second-order valence-electron chi connectivity index (χ2n) is 5.17. The second-order valence-corrected chi connectivity index (χ2v) is 5.96. The van der Waals surface area contributed by atoms with Crippen LogP contribution in [0.1, 0.15) is 48.0 Å². The molecule has 0 bridgehead atoms. The fourth-order valence-electron chi connectivity index (χ4n) is 2.82. The first-order valence-corrected chi connectivity index (χ1v) is 8.25. The van der Waals surface area contributed by atoms with E-state index in [4.69, 9.17) is 5.26 Å². The third kappa shape index (κ3) is 3.61. The Hall–Kier alpha value is -1.34. The normalized spacial score (nSPS) is 15.6. The number of alkyl halides is 1. The molecule has 3 nitrogen and oxygen atoms in total. The van der Waals surface area contributed by atoms with Crippen LogP contribution >= 0.6 is 15.9 Å². The summed E-state index contributed by atoms with van der Waals surface area (Å²) in [5.74, 6) is 0.0495. The summed E-state index contributed by atoms with van der Waals surface area (Å²) in [6, 6.07) is 9.43. The van der Waals surface area contributed by atoms with Crippen LogP contribution < -0.4 is 0 Å². The highest BCUT2D eigenvalue weighted by Crippen LogP contribution is 2.24. The fourth-order valence-corrected chi connectivity index (χ4v) is 3.20. The van der Waals surface area contributed by atoms with Gasteiger partial charge in [-0.15, -0.1) is 0 Å². The van der Waals surface area contributed by atoms with Gasteiger partial charge in [0, 0.05) is 23.5 Å². The Morgan fingerprint density at radius 3 is 2.75 bits per heavy atom. The molecular formula is C16H19BrN2O. The average Bonchev–Trinajstić information content (AvgIpc) is 2.53. The zero-order chi connectivity index (χ0) is 14.4. The number of nitrogens with zero attached hydrogens (tertiary/aromatic N) is 2. The summed E-state index contributed by atoms with van der Waals surface area (Å²) >= 11 is 3.44. The molecular weight excluding hydrogens is 316 g/mol. The number of hydrogen-bond donors (Lipinski definition) is 0. The summed E-state index contributed by atoms with van der Waals surface area (Å²) in [4.78, 5) is 14.7. The van der Waals surface area contributed by atoms with Crippen molar-refractivity contribution >= 4 is 21.8 Å². The van der Waals surface area contributed by atoms with Crippen LogP contribution in [-0.2, 0) is 0 Å². The van der Waals surface area contributed by atoms with Crippen LogP contribution in [0, 0.1) is 11.3 Å². The highest BCUT2D eigenvalue weighted by Gasteiger charge is 2.25. The van der Waals surface area contributed by atoms with Gasteiger partial charge in [0.1, 0.15) is 0 Å². The van der Waals surface area contributed by atoms with Crippen molar-refractivity contribution in [1.29, 1.82) is 5.26 Å².